The molecule has 1 aliphatic rings. The lowest BCUT2D eigenvalue weighted by Gasteiger charge is -2.30. The van der Waals surface area contributed by atoms with Crippen molar-refractivity contribution in [3.05, 3.63) is 35.7 Å². The van der Waals surface area contributed by atoms with Gasteiger partial charge in [-0.1, -0.05) is 24.2 Å². The molecule has 2 heterocycles. The molecule has 1 aromatic carbocycles. The molecule has 0 saturated carbocycles. The summed E-state index contributed by atoms with van der Waals surface area (Å²) >= 11 is 0. The van der Waals surface area contributed by atoms with Crippen LogP contribution in [0.2, 0.25) is 0 Å². The average molecular weight is 372 g/mol. The highest BCUT2D eigenvalue weighted by molar-refractivity contribution is 5.75. The van der Waals surface area contributed by atoms with E-state index in [1.807, 2.05) is 31.2 Å². The van der Waals surface area contributed by atoms with E-state index in [9.17, 15) is 9.59 Å². The fourth-order valence-corrected chi connectivity index (χ4v) is 3.08. The molecule has 8 nitrogen and oxygen atoms in total. The van der Waals surface area contributed by atoms with Crippen LogP contribution in [0.5, 0.6) is 0 Å². The second kappa shape index (κ2) is 8.66. The van der Waals surface area contributed by atoms with E-state index in [-0.39, 0.29) is 11.9 Å². The third kappa shape index (κ3) is 4.84. The Kier molecular flexibility index (Phi) is 6.05. The van der Waals surface area contributed by atoms with Crippen LogP contribution < -0.4 is 5.32 Å². The first-order valence-electron chi connectivity index (χ1n) is 9.24. The number of aromatic nitrogens is 2. The van der Waals surface area contributed by atoms with Crippen molar-refractivity contribution >= 4 is 12.0 Å². The van der Waals surface area contributed by atoms with Crippen molar-refractivity contribution in [2.45, 2.75) is 32.6 Å². The van der Waals surface area contributed by atoms with Gasteiger partial charge in [0.1, 0.15) is 0 Å². The Hall–Kier alpha value is -2.90. The van der Waals surface area contributed by atoms with Crippen LogP contribution in [0.3, 0.4) is 0 Å². The second-order valence-electron chi connectivity index (χ2n) is 6.65. The number of benzene rings is 1. The van der Waals surface area contributed by atoms with Crippen LogP contribution in [-0.4, -0.2) is 51.8 Å². The molecule has 2 amide bonds. The van der Waals surface area contributed by atoms with E-state index in [0.29, 0.717) is 50.6 Å². The summed E-state index contributed by atoms with van der Waals surface area (Å²) in [6.07, 6.45) is 2.47. The number of nitrogens with one attached hydrogen (secondary N) is 1. The zero-order valence-corrected chi connectivity index (χ0v) is 15.4. The SMILES string of the molecule is CCc1noc(-c2ccc(CCNC(=O)N3CCC(C(=O)O)CC3)cc2)n1. The summed E-state index contributed by atoms with van der Waals surface area (Å²) in [5.41, 5.74) is 1.97. The molecule has 1 aliphatic heterocycles. The maximum Gasteiger partial charge on any atom is 0.317 e. The van der Waals surface area contributed by atoms with Crippen LogP contribution in [0.1, 0.15) is 31.2 Å². The van der Waals surface area contributed by atoms with Crippen molar-refractivity contribution in [1.29, 1.82) is 0 Å². The minimum absolute atomic E-state index is 0.131. The number of nitrogens with zero attached hydrogens (tertiary/aromatic N) is 3. The Balaban J connectivity index is 1.44. The second-order valence-corrected chi connectivity index (χ2v) is 6.65. The third-order valence-electron chi connectivity index (χ3n) is 4.81. The Morgan fingerprint density at radius 1 is 1.26 bits per heavy atom. The monoisotopic (exact) mass is 372 g/mol. The van der Waals surface area contributed by atoms with Gasteiger partial charge in [0, 0.05) is 31.6 Å². The van der Waals surface area contributed by atoms with Crippen LogP contribution in [0, 0.1) is 5.92 Å². The van der Waals surface area contributed by atoms with Crippen molar-refractivity contribution in [2.75, 3.05) is 19.6 Å². The van der Waals surface area contributed by atoms with Gasteiger partial charge in [0.05, 0.1) is 5.92 Å². The van der Waals surface area contributed by atoms with Gasteiger partial charge in [0.2, 0.25) is 0 Å². The first-order valence-corrected chi connectivity index (χ1v) is 9.24. The molecule has 1 saturated heterocycles. The zero-order chi connectivity index (χ0) is 19.2. The summed E-state index contributed by atoms with van der Waals surface area (Å²) in [7, 11) is 0. The molecule has 2 N–H and O–H groups in total. The van der Waals surface area contributed by atoms with Crippen LogP contribution in [0.4, 0.5) is 4.79 Å². The molecule has 0 aliphatic carbocycles. The van der Waals surface area contributed by atoms with E-state index in [1.165, 1.54) is 0 Å². The topological polar surface area (TPSA) is 109 Å². The van der Waals surface area contributed by atoms with Crippen LogP contribution in [0.25, 0.3) is 11.5 Å². The van der Waals surface area contributed by atoms with Crippen molar-refractivity contribution < 1.29 is 19.2 Å². The predicted molar refractivity (Wildman–Crippen MR) is 98.1 cm³/mol. The summed E-state index contributed by atoms with van der Waals surface area (Å²) in [6.45, 7) is 3.47. The first kappa shape index (κ1) is 18.9. The number of urea groups is 1. The molecule has 0 bridgehead atoms. The van der Waals surface area contributed by atoms with Gasteiger partial charge in [-0.05, 0) is 37.0 Å². The molecule has 0 atom stereocenters. The Morgan fingerprint density at radius 3 is 2.56 bits per heavy atom. The lowest BCUT2D eigenvalue weighted by molar-refractivity contribution is -0.143. The number of aryl methyl sites for hydroxylation is 1. The van der Waals surface area contributed by atoms with Gasteiger partial charge in [0.15, 0.2) is 5.82 Å². The van der Waals surface area contributed by atoms with Gasteiger partial charge in [-0.25, -0.2) is 4.79 Å². The summed E-state index contributed by atoms with van der Waals surface area (Å²) < 4.78 is 5.22. The van der Waals surface area contributed by atoms with E-state index >= 15 is 0 Å². The number of rotatable bonds is 6. The molecule has 27 heavy (non-hydrogen) atoms. The van der Waals surface area contributed by atoms with Gasteiger partial charge < -0.3 is 19.8 Å². The Morgan fingerprint density at radius 2 is 1.96 bits per heavy atom. The number of piperidine rings is 1. The molecule has 0 spiro atoms. The lowest BCUT2D eigenvalue weighted by Crippen LogP contribution is -2.45. The smallest absolute Gasteiger partial charge is 0.317 e. The largest absolute Gasteiger partial charge is 0.481 e. The van der Waals surface area contributed by atoms with Gasteiger partial charge in [-0.2, -0.15) is 4.98 Å². The highest BCUT2D eigenvalue weighted by atomic mass is 16.5. The number of likely N-dealkylation sites (tertiary alicyclic amines) is 1. The third-order valence-corrected chi connectivity index (χ3v) is 4.81. The number of aliphatic carboxylic acids is 1. The molecule has 0 radical (unpaired) electrons. The fourth-order valence-electron chi connectivity index (χ4n) is 3.08. The van der Waals surface area contributed by atoms with Crippen molar-refractivity contribution in [3.8, 4) is 11.5 Å². The molecule has 8 heteroatoms. The molecule has 1 fully saturated rings. The molecule has 2 aromatic rings. The van der Waals surface area contributed by atoms with Crippen LogP contribution in [0.15, 0.2) is 28.8 Å². The number of carboxylic acids is 1. The number of carbonyl (C=O) groups is 2. The summed E-state index contributed by atoms with van der Waals surface area (Å²) in [5.74, 6) is 0.0883. The van der Waals surface area contributed by atoms with Crippen molar-refractivity contribution in [3.63, 3.8) is 0 Å². The van der Waals surface area contributed by atoms with Crippen molar-refractivity contribution in [1.82, 2.24) is 20.4 Å². The zero-order valence-electron chi connectivity index (χ0n) is 15.4. The van der Waals surface area contributed by atoms with E-state index in [2.05, 4.69) is 15.5 Å². The van der Waals surface area contributed by atoms with E-state index in [0.717, 1.165) is 17.5 Å². The molecular formula is C19H24N4O4. The summed E-state index contributed by atoms with van der Waals surface area (Å²) in [6, 6.07) is 7.70. The number of carboxylic acid groups (broad SMARTS) is 1. The van der Waals surface area contributed by atoms with Crippen LogP contribution >= 0.6 is 0 Å². The van der Waals surface area contributed by atoms with Gasteiger partial charge >= 0.3 is 12.0 Å². The Bertz CT molecular complexity index is 779. The number of carbonyl (C=O) groups excluding carboxylic acids is 1. The lowest BCUT2D eigenvalue weighted by atomic mass is 9.97. The van der Waals surface area contributed by atoms with E-state index < -0.39 is 5.97 Å². The minimum atomic E-state index is -0.773. The quantitative estimate of drug-likeness (QED) is 0.806. The van der Waals surface area contributed by atoms with Crippen molar-refractivity contribution in [2.24, 2.45) is 5.92 Å². The molecule has 1 aromatic heterocycles. The predicted octanol–water partition coefficient (Wildman–Crippen LogP) is 2.35. The summed E-state index contributed by atoms with van der Waals surface area (Å²) in [4.78, 5) is 29.1. The molecule has 144 valence electrons. The number of hydrogen-bond donors (Lipinski definition) is 2. The van der Waals surface area contributed by atoms with E-state index in [1.54, 1.807) is 4.90 Å². The fraction of sp³-hybridized carbons (Fsp3) is 0.474. The normalized spacial score (nSPS) is 14.9. The minimum Gasteiger partial charge on any atom is -0.481 e. The average Bonchev–Trinajstić information content (AvgIpc) is 3.18. The maximum atomic E-state index is 12.2. The van der Waals surface area contributed by atoms with Gasteiger partial charge in [-0.15, -0.1) is 0 Å². The van der Waals surface area contributed by atoms with Crippen LogP contribution in [-0.2, 0) is 17.6 Å². The van der Waals surface area contributed by atoms with Gasteiger partial charge in [0.25, 0.3) is 5.89 Å². The van der Waals surface area contributed by atoms with E-state index in [4.69, 9.17) is 9.63 Å². The maximum absolute atomic E-state index is 12.2. The molecular weight excluding hydrogens is 348 g/mol. The summed E-state index contributed by atoms with van der Waals surface area (Å²) in [5, 5.41) is 15.8. The van der Waals surface area contributed by atoms with Gasteiger partial charge in [-0.3, -0.25) is 4.79 Å². The number of hydrogen-bond acceptors (Lipinski definition) is 5. The number of amides is 2. The standard InChI is InChI=1S/C19H24N4O4/c1-2-16-21-17(27-22-16)14-5-3-13(4-6-14)7-10-20-19(26)23-11-8-15(9-12-23)18(24)25/h3-6,15H,2,7-12H2,1H3,(H,20,26)(H,24,25). The Labute approximate surface area is 157 Å². The highest BCUT2D eigenvalue weighted by Gasteiger charge is 2.26. The molecule has 3 rings (SSSR count). The highest BCUT2D eigenvalue weighted by Crippen LogP contribution is 2.19. The molecule has 0 unspecified atom stereocenters. The first-order chi connectivity index (χ1) is 13.1.